The lowest BCUT2D eigenvalue weighted by Gasteiger charge is -2.13. The second-order valence-electron chi connectivity index (χ2n) is 6.41. The first kappa shape index (κ1) is 21.7. The zero-order chi connectivity index (χ0) is 17.0. The number of nitrogens with one attached hydrogen (secondary N) is 3. The van der Waals surface area contributed by atoms with Crippen LogP contribution in [0.2, 0.25) is 0 Å². The number of carbonyl (C=O) groups excluding carboxylic acids is 1. The summed E-state index contributed by atoms with van der Waals surface area (Å²) in [4.78, 5) is 16.0. The lowest BCUT2D eigenvalue weighted by molar-refractivity contribution is -0.120. The predicted octanol–water partition coefficient (Wildman–Crippen LogP) is 3.06. The molecular formula is C19H31IN4O. The number of nitrogens with zero attached hydrogens (tertiary/aromatic N) is 1. The lowest BCUT2D eigenvalue weighted by Crippen LogP contribution is -2.43. The minimum Gasteiger partial charge on any atom is -0.356 e. The molecule has 0 atom stereocenters. The van der Waals surface area contributed by atoms with E-state index in [9.17, 15) is 4.79 Å². The van der Waals surface area contributed by atoms with Crippen molar-refractivity contribution in [2.75, 3.05) is 20.1 Å². The molecule has 0 aromatic heterocycles. The fourth-order valence-corrected chi connectivity index (χ4v) is 3.14. The molecule has 1 fully saturated rings. The first-order chi connectivity index (χ1) is 11.8. The molecule has 1 aliphatic carbocycles. The standard InChI is InChI=1S/C19H30N4O.HI/c1-20-19(21-13-7-12-16-8-5-6-9-16)23-15-18(24)22-14-17-10-3-2-4-11-17;/h2-4,10-11,16H,5-9,12-15H2,1H3,(H,22,24)(H2,20,21,23);1H. The summed E-state index contributed by atoms with van der Waals surface area (Å²) < 4.78 is 0. The van der Waals surface area contributed by atoms with Gasteiger partial charge in [0.1, 0.15) is 0 Å². The maximum atomic E-state index is 11.9. The van der Waals surface area contributed by atoms with E-state index in [1.54, 1.807) is 7.05 Å². The van der Waals surface area contributed by atoms with Crippen molar-refractivity contribution in [3.63, 3.8) is 0 Å². The van der Waals surface area contributed by atoms with Gasteiger partial charge in [-0.15, -0.1) is 24.0 Å². The number of benzene rings is 1. The molecule has 1 aromatic rings. The zero-order valence-electron chi connectivity index (χ0n) is 15.1. The largest absolute Gasteiger partial charge is 0.356 e. The molecule has 0 spiro atoms. The van der Waals surface area contributed by atoms with Gasteiger partial charge in [-0.2, -0.15) is 0 Å². The third-order valence-electron chi connectivity index (χ3n) is 4.53. The van der Waals surface area contributed by atoms with Crippen molar-refractivity contribution < 1.29 is 4.79 Å². The van der Waals surface area contributed by atoms with E-state index < -0.39 is 0 Å². The highest BCUT2D eigenvalue weighted by atomic mass is 127. The molecule has 1 aliphatic rings. The maximum absolute atomic E-state index is 11.9. The number of rotatable bonds is 8. The average Bonchev–Trinajstić information content (AvgIpc) is 3.13. The Kier molecular flexibility index (Phi) is 11.3. The van der Waals surface area contributed by atoms with Crippen LogP contribution in [0, 0.1) is 5.92 Å². The van der Waals surface area contributed by atoms with Gasteiger partial charge >= 0.3 is 0 Å². The molecule has 0 heterocycles. The molecule has 25 heavy (non-hydrogen) atoms. The summed E-state index contributed by atoms with van der Waals surface area (Å²) in [5.74, 6) is 1.58. The Balaban J connectivity index is 0.00000312. The quantitative estimate of drug-likeness (QED) is 0.243. The highest BCUT2D eigenvalue weighted by molar-refractivity contribution is 14.0. The molecule has 0 saturated heterocycles. The fraction of sp³-hybridized carbons (Fsp3) is 0.579. The Morgan fingerprint density at radius 3 is 2.52 bits per heavy atom. The molecule has 2 rings (SSSR count). The normalized spacial score (nSPS) is 14.7. The van der Waals surface area contributed by atoms with Gasteiger partial charge in [-0.3, -0.25) is 9.79 Å². The van der Waals surface area contributed by atoms with Crippen LogP contribution in [0.1, 0.15) is 44.1 Å². The van der Waals surface area contributed by atoms with Crippen LogP contribution in [0.5, 0.6) is 0 Å². The van der Waals surface area contributed by atoms with Crippen molar-refractivity contribution in [1.82, 2.24) is 16.0 Å². The van der Waals surface area contributed by atoms with Crippen molar-refractivity contribution in [2.45, 2.75) is 45.1 Å². The molecule has 0 radical (unpaired) electrons. The second kappa shape index (κ2) is 13.0. The molecule has 0 aliphatic heterocycles. The lowest BCUT2D eigenvalue weighted by atomic mass is 10.0. The number of hydrogen-bond acceptors (Lipinski definition) is 2. The first-order valence-electron chi connectivity index (χ1n) is 9.03. The minimum absolute atomic E-state index is 0. The van der Waals surface area contributed by atoms with Crippen LogP contribution in [0.3, 0.4) is 0 Å². The van der Waals surface area contributed by atoms with Crippen molar-refractivity contribution in [3.05, 3.63) is 35.9 Å². The number of guanidine groups is 1. The van der Waals surface area contributed by atoms with Crippen LogP contribution in [-0.2, 0) is 11.3 Å². The third kappa shape index (κ3) is 9.09. The maximum Gasteiger partial charge on any atom is 0.239 e. The monoisotopic (exact) mass is 458 g/mol. The molecule has 0 unspecified atom stereocenters. The predicted molar refractivity (Wildman–Crippen MR) is 114 cm³/mol. The Morgan fingerprint density at radius 2 is 1.84 bits per heavy atom. The van der Waals surface area contributed by atoms with Gasteiger partial charge in [-0.25, -0.2) is 0 Å². The second-order valence-corrected chi connectivity index (χ2v) is 6.41. The van der Waals surface area contributed by atoms with Crippen LogP contribution in [0.4, 0.5) is 0 Å². The van der Waals surface area contributed by atoms with Gasteiger partial charge in [0.25, 0.3) is 0 Å². The van der Waals surface area contributed by atoms with Crippen molar-refractivity contribution in [1.29, 1.82) is 0 Å². The van der Waals surface area contributed by atoms with Gasteiger partial charge in [0, 0.05) is 20.1 Å². The van der Waals surface area contributed by atoms with Crippen molar-refractivity contribution >= 4 is 35.8 Å². The molecule has 3 N–H and O–H groups in total. The molecule has 0 bridgehead atoms. The highest BCUT2D eigenvalue weighted by Crippen LogP contribution is 2.28. The van der Waals surface area contributed by atoms with Crippen LogP contribution in [-0.4, -0.2) is 32.0 Å². The van der Waals surface area contributed by atoms with E-state index in [1.165, 1.54) is 32.1 Å². The van der Waals surface area contributed by atoms with Gasteiger partial charge in [-0.05, 0) is 24.3 Å². The Morgan fingerprint density at radius 1 is 1.12 bits per heavy atom. The first-order valence-corrected chi connectivity index (χ1v) is 9.03. The van der Waals surface area contributed by atoms with E-state index in [2.05, 4.69) is 20.9 Å². The Labute approximate surface area is 168 Å². The van der Waals surface area contributed by atoms with E-state index in [1.807, 2.05) is 30.3 Å². The molecule has 140 valence electrons. The topological polar surface area (TPSA) is 65.5 Å². The third-order valence-corrected chi connectivity index (χ3v) is 4.53. The van der Waals surface area contributed by atoms with Gasteiger partial charge in [-0.1, -0.05) is 56.0 Å². The van der Waals surface area contributed by atoms with Crippen LogP contribution < -0.4 is 16.0 Å². The van der Waals surface area contributed by atoms with Gasteiger partial charge < -0.3 is 16.0 Å². The molecular weight excluding hydrogens is 427 g/mol. The minimum atomic E-state index is -0.0345. The molecule has 1 saturated carbocycles. The number of hydrogen-bond donors (Lipinski definition) is 3. The summed E-state index contributed by atoms with van der Waals surface area (Å²) in [7, 11) is 1.73. The number of aliphatic imine (C=N–C) groups is 1. The van der Waals surface area contributed by atoms with Crippen LogP contribution in [0.25, 0.3) is 0 Å². The van der Waals surface area contributed by atoms with Gasteiger partial charge in [0.15, 0.2) is 5.96 Å². The van der Waals surface area contributed by atoms with Crippen molar-refractivity contribution in [3.8, 4) is 0 Å². The zero-order valence-corrected chi connectivity index (χ0v) is 17.4. The van der Waals surface area contributed by atoms with E-state index in [0.717, 1.165) is 24.4 Å². The van der Waals surface area contributed by atoms with E-state index in [0.29, 0.717) is 12.5 Å². The van der Waals surface area contributed by atoms with E-state index >= 15 is 0 Å². The fourth-order valence-electron chi connectivity index (χ4n) is 3.14. The number of carbonyl (C=O) groups is 1. The Bertz CT molecular complexity index is 515. The van der Waals surface area contributed by atoms with E-state index in [-0.39, 0.29) is 36.4 Å². The van der Waals surface area contributed by atoms with Crippen molar-refractivity contribution in [2.24, 2.45) is 10.9 Å². The number of halogens is 1. The van der Waals surface area contributed by atoms with Gasteiger partial charge in [0.2, 0.25) is 5.91 Å². The summed E-state index contributed by atoms with van der Waals surface area (Å²) in [5, 5.41) is 9.24. The SMILES string of the molecule is CN=C(NCCCC1CCCC1)NCC(=O)NCc1ccccc1.I. The van der Waals surface area contributed by atoms with E-state index in [4.69, 9.17) is 0 Å². The summed E-state index contributed by atoms with van der Waals surface area (Å²) in [5.41, 5.74) is 1.10. The molecule has 6 heteroatoms. The summed E-state index contributed by atoms with van der Waals surface area (Å²) in [6.07, 6.45) is 8.05. The van der Waals surface area contributed by atoms with Crippen LogP contribution >= 0.6 is 24.0 Å². The van der Waals surface area contributed by atoms with Gasteiger partial charge in [0.05, 0.1) is 6.54 Å². The average molecular weight is 458 g/mol. The Hall–Kier alpha value is -1.31. The summed E-state index contributed by atoms with van der Waals surface area (Å²) >= 11 is 0. The number of amides is 1. The highest BCUT2D eigenvalue weighted by Gasteiger charge is 2.14. The smallest absolute Gasteiger partial charge is 0.239 e. The summed E-state index contributed by atoms with van der Waals surface area (Å²) in [6, 6.07) is 9.90. The molecule has 5 nitrogen and oxygen atoms in total. The summed E-state index contributed by atoms with van der Waals surface area (Å²) in [6.45, 7) is 1.69. The molecule has 1 aromatic carbocycles. The molecule has 1 amide bonds. The van der Waals surface area contributed by atoms with Crippen LogP contribution in [0.15, 0.2) is 35.3 Å².